The molecule has 3 heterocycles. The average molecular weight is 738 g/mol. The van der Waals surface area contributed by atoms with Gasteiger partial charge in [0.1, 0.15) is 5.75 Å². The average Bonchev–Trinajstić information content (AvgIpc) is 3.75. The number of alkyl halides is 3. The van der Waals surface area contributed by atoms with Gasteiger partial charge >= 0.3 is 6.18 Å². The van der Waals surface area contributed by atoms with Gasteiger partial charge in [-0.1, -0.05) is 115 Å². The van der Waals surface area contributed by atoms with Crippen LogP contribution in [0.1, 0.15) is 0 Å². The van der Waals surface area contributed by atoms with E-state index in [1.54, 1.807) is 24.3 Å². The van der Waals surface area contributed by atoms with E-state index in [1.807, 2.05) is 84.9 Å². The van der Waals surface area contributed by atoms with Crippen LogP contribution in [0.3, 0.4) is 0 Å². The van der Waals surface area contributed by atoms with E-state index in [1.165, 1.54) is 0 Å². The highest BCUT2D eigenvalue weighted by atomic mass is 19.4. The van der Waals surface area contributed by atoms with Gasteiger partial charge in [-0.25, -0.2) is 4.98 Å². The third-order valence-electron chi connectivity index (χ3n) is 10.1. The molecule has 0 aliphatic rings. The number of nitrogens with zero attached hydrogens (tertiary/aromatic N) is 5. The van der Waals surface area contributed by atoms with Crippen LogP contribution < -0.4 is 4.74 Å². The van der Waals surface area contributed by atoms with Crippen molar-refractivity contribution in [2.45, 2.75) is 6.18 Å². The zero-order valence-electron chi connectivity index (χ0n) is 29.7. The molecule has 0 aliphatic carbocycles. The quantitative estimate of drug-likeness (QED) is 0.163. The molecule has 7 aromatic carbocycles. The third-order valence-corrected chi connectivity index (χ3v) is 10.1. The highest BCUT2D eigenvalue weighted by Crippen LogP contribution is 2.38. The molecule has 0 bridgehead atoms. The van der Waals surface area contributed by atoms with Crippen molar-refractivity contribution in [1.29, 1.82) is 0 Å². The first-order chi connectivity index (χ1) is 27.4. The van der Waals surface area contributed by atoms with Gasteiger partial charge in [-0.15, -0.1) is 0 Å². The number of aromatic nitrogens is 5. The van der Waals surface area contributed by atoms with E-state index < -0.39 is 12.8 Å². The molecule has 270 valence electrons. The number of ether oxygens (including phenoxy) is 1. The smallest absolute Gasteiger partial charge is 0.422 e. The Morgan fingerprint density at radius 1 is 0.429 bits per heavy atom. The summed E-state index contributed by atoms with van der Waals surface area (Å²) < 4.78 is 47.6. The van der Waals surface area contributed by atoms with Crippen LogP contribution in [0.4, 0.5) is 13.2 Å². The number of hydrogen-bond donors (Lipinski definition) is 0. The van der Waals surface area contributed by atoms with Crippen molar-refractivity contribution in [3.63, 3.8) is 0 Å². The van der Waals surface area contributed by atoms with E-state index in [0.717, 1.165) is 71.6 Å². The SMILES string of the molecule is FC(F)(F)COc1ccc(-n2c3ccccc3c3cc(-c4ccc5c6ccccc6n(-c6nc(-c7ccccc7)nc(-c7ccccc7)n6)c5c4)ccc32)cc1. The van der Waals surface area contributed by atoms with Crippen LogP contribution in [0.15, 0.2) is 170 Å². The molecular weight excluding hydrogens is 708 g/mol. The third kappa shape index (κ3) is 5.90. The summed E-state index contributed by atoms with van der Waals surface area (Å²) in [5.74, 6) is 1.85. The second kappa shape index (κ2) is 13.2. The summed E-state index contributed by atoms with van der Waals surface area (Å²) in [5, 5.41) is 4.27. The van der Waals surface area contributed by atoms with Crippen molar-refractivity contribution < 1.29 is 17.9 Å². The van der Waals surface area contributed by atoms with Crippen LogP contribution in [0.25, 0.3) is 89.2 Å². The van der Waals surface area contributed by atoms with Crippen LogP contribution in [0.2, 0.25) is 0 Å². The topological polar surface area (TPSA) is 57.8 Å². The highest BCUT2D eigenvalue weighted by Gasteiger charge is 2.28. The van der Waals surface area contributed by atoms with Crippen molar-refractivity contribution in [1.82, 2.24) is 24.1 Å². The molecule has 0 fully saturated rings. The van der Waals surface area contributed by atoms with Gasteiger partial charge in [0.15, 0.2) is 18.3 Å². The lowest BCUT2D eigenvalue weighted by Gasteiger charge is -2.12. The molecule has 0 amide bonds. The van der Waals surface area contributed by atoms with Crippen molar-refractivity contribution in [2.24, 2.45) is 0 Å². The minimum absolute atomic E-state index is 0.159. The Morgan fingerprint density at radius 2 is 0.946 bits per heavy atom. The molecule has 0 aliphatic heterocycles. The molecule has 10 rings (SSSR count). The van der Waals surface area contributed by atoms with E-state index in [9.17, 15) is 13.2 Å². The van der Waals surface area contributed by atoms with Crippen LogP contribution in [-0.4, -0.2) is 36.9 Å². The predicted octanol–water partition coefficient (Wildman–Crippen LogP) is 12.0. The summed E-state index contributed by atoms with van der Waals surface area (Å²) in [4.78, 5) is 15.1. The monoisotopic (exact) mass is 737 g/mol. The fourth-order valence-electron chi connectivity index (χ4n) is 7.55. The van der Waals surface area contributed by atoms with Crippen molar-refractivity contribution in [3.05, 3.63) is 170 Å². The number of halogens is 3. The van der Waals surface area contributed by atoms with Crippen LogP contribution in [0, 0.1) is 0 Å². The Morgan fingerprint density at radius 3 is 1.59 bits per heavy atom. The molecule has 0 spiro atoms. The van der Waals surface area contributed by atoms with Gasteiger partial charge in [0.05, 0.1) is 22.1 Å². The van der Waals surface area contributed by atoms with E-state index >= 15 is 0 Å². The Balaban J connectivity index is 1.13. The molecule has 0 radical (unpaired) electrons. The Hall–Kier alpha value is -7.26. The molecule has 0 atom stereocenters. The predicted molar refractivity (Wildman–Crippen MR) is 216 cm³/mol. The van der Waals surface area contributed by atoms with Crippen LogP contribution >= 0.6 is 0 Å². The summed E-state index contributed by atoms with van der Waals surface area (Å²) >= 11 is 0. The minimum Gasteiger partial charge on any atom is -0.484 e. The van der Waals surface area contributed by atoms with Crippen LogP contribution in [-0.2, 0) is 0 Å². The number of benzene rings is 7. The molecule has 0 N–H and O–H groups in total. The summed E-state index contributed by atoms with van der Waals surface area (Å²) in [5.41, 5.74) is 8.56. The van der Waals surface area contributed by atoms with E-state index in [0.29, 0.717) is 17.6 Å². The Labute approximate surface area is 318 Å². The molecule has 10 aromatic rings. The van der Waals surface area contributed by atoms with Crippen molar-refractivity contribution in [2.75, 3.05) is 6.61 Å². The normalized spacial score (nSPS) is 11.9. The molecule has 0 unspecified atom stereocenters. The molecule has 0 saturated carbocycles. The van der Waals surface area contributed by atoms with Gasteiger partial charge in [0.25, 0.3) is 0 Å². The zero-order chi connectivity index (χ0) is 37.8. The van der Waals surface area contributed by atoms with Gasteiger partial charge in [-0.05, 0) is 65.7 Å². The van der Waals surface area contributed by atoms with Gasteiger partial charge in [0, 0.05) is 38.4 Å². The standard InChI is InChI=1S/C47H30F3N5O/c48-47(49,50)29-56-35-23-21-34(22-24-35)54-40-17-9-8-16-37(40)39-27-32(20-26-42(39)54)33-19-25-38-36-15-7-10-18-41(36)55(43(38)28-33)46-52-44(30-11-3-1-4-12-30)51-45(53-46)31-13-5-2-6-14-31/h1-28H,29H2. The summed E-state index contributed by atoms with van der Waals surface area (Å²) in [6, 6.07) is 56.0. The Bertz CT molecular complexity index is 3010. The molecule has 9 heteroatoms. The fraction of sp³-hybridized carbons (Fsp3) is 0.0426. The van der Waals surface area contributed by atoms with Gasteiger partial charge in [-0.3, -0.25) is 4.57 Å². The highest BCUT2D eigenvalue weighted by molar-refractivity contribution is 6.12. The largest absolute Gasteiger partial charge is 0.484 e. The second-order valence-corrected chi connectivity index (χ2v) is 13.6. The van der Waals surface area contributed by atoms with Crippen molar-refractivity contribution >= 4 is 43.6 Å². The van der Waals surface area contributed by atoms with Gasteiger partial charge in [0.2, 0.25) is 5.95 Å². The van der Waals surface area contributed by atoms with Gasteiger partial charge < -0.3 is 9.30 Å². The molecule has 6 nitrogen and oxygen atoms in total. The lowest BCUT2D eigenvalue weighted by Crippen LogP contribution is -2.19. The lowest BCUT2D eigenvalue weighted by molar-refractivity contribution is -0.153. The number of para-hydroxylation sites is 2. The molecule has 0 saturated heterocycles. The molecule has 56 heavy (non-hydrogen) atoms. The summed E-state index contributed by atoms with van der Waals surface area (Å²) in [6.07, 6.45) is -4.41. The number of hydrogen-bond acceptors (Lipinski definition) is 4. The van der Waals surface area contributed by atoms with Crippen LogP contribution in [0.5, 0.6) is 5.75 Å². The summed E-state index contributed by atoms with van der Waals surface area (Å²) in [6.45, 7) is -1.34. The summed E-state index contributed by atoms with van der Waals surface area (Å²) in [7, 11) is 0. The number of rotatable bonds is 7. The van der Waals surface area contributed by atoms with E-state index in [-0.39, 0.29) is 5.75 Å². The number of fused-ring (bicyclic) bond motifs is 6. The molecule has 3 aromatic heterocycles. The first-order valence-electron chi connectivity index (χ1n) is 18.1. The maximum atomic E-state index is 12.8. The molecular formula is C47H30F3N5O. The Kier molecular flexibility index (Phi) is 7.88. The first kappa shape index (κ1) is 33.3. The van der Waals surface area contributed by atoms with Gasteiger partial charge in [-0.2, -0.15) is 23.1 Å². The maximum Gasteiger partial charge on any atom is 0.422 e. The van der Waals surface area contributed by atoms with E-state index in [4.69, 9.17) is 19.7 Å². The minimum atomic E-state index is -4.41. The van der Waals surface area contributed by atoms with E-state index in [2.05, 4.69) is 69.8 Å². The fourth-order valence-corrected chi connectivity index (χ4v) is 7.55. The lowest BCUT2D eigenvalue weighted by atomic mass is 10.0. The first-order valence-corrected chi connectivity index (χ1v) is 18.1. The maximum absolute atomic E-state index is 12.8. The zero-order valence-corrected chi connectivity index (χ0v) is 29.7. The second-order valence-electron chi connectivity index (χ2n) is 13.6. The van der Waals surface area contributed by atoms with Crippen molar-refractivity contribution in [3.8, 4) is 51.3 Å².